The Morgan fingerprint density at radius 3 is 2.44 bits per heavy atom. The van der Waals surface area contributed by atoms with Crippen LogP contribution in [0.5, 0.6) is 5.75 Å². The van der Waals surface area contributed by atoms with Gasteiger partial charge in [0.1, 0.15) is 12.6 Å². The molecule has 0 aromatic heterocycles. The van der Waals surface area contributed by atoms with E-state index in [1.54, 1.807) is 7.11 Å². The van der Waals surface area contributed by atoms with E-state index in [9.17, 15) is 0 Å². The molecule has 16 heavy (non-hydrogen) atoms. The monoisotopic (exact) mass is 304 g/mol. The second-order valence-corrected chi connectivity index (χ2v) is 6.68. The highest BCUT2D eigenvalue weighted by Crippen LogP contribution is 2.44. The average Bonchev–Trinajstić information content (AvgIpc) is 2.34. The summed E-state index contributed by atoms with van der Waals surface area (Å²) in [4.78, 5) is 0. The highest BCUT2D eigenvalue weighted by atomic mass is 79.9. The van der Waals surface area contributed by atoms with Gasteiger partial charge in [0, 0.05) is 5.30 Å². The molecule has 0 aliphatic heterocycles. The minimum atomic E-state index is -0.653. The Balaban J connectivity index is 2.37. The number of methoxy groups -OCH3 is 1. The summed E-state index contributed by atoms with van der Waals surface area (Å²) in [5.74, 6) is 0.880. The number of unbranched alkanes of at least 4 members (excludes halogenated alkanes) is 2. The first kappa shape index (κ1) is 14.0. The third kappa shape index (κ3) is 4.82. The molecule has 1 aromatic carbocycles. The summed E-state index contributed by atoms with van der Waals surface area (Å²) in [6.07, 6.45) is 3.60. The molecule has 0 radical (unpaired) electrons. The molecule has 1 unspecified atom stereocenters. The van der Waals surface area contributed by atoms with E-state index >= 15 is 0 Å². The zero-order chi connectivity index (χ0) is 11.8. The Morgan fingerprint density at radius 2 is 1.88 bits per heavy atom. The van der Waals surface area contributed by atoms with Crippen molar-refractivity contribution in [2.24, 2.45) is 0 Å². The van der Waals surface area contributed by atoms with Gasteiger partial charge in [0.2, 0.25) is 0 Å². The molecule has 1 atom stereocenters. The van der Waals surface area contributed by atoms with Gasteiger partial charge in [0.25, 0.3) is 0 Å². The first-order valence-corrected chi connectivity index (χ1v) is 8.78. The van der Waals surface area contributed by atoms with E-state index in [2.05, 4.69) is 22.4 Å². The van der Waals surface area contributed by atoms with E-state index in [1.165, 1.54) is 18.1 Å². The molecule has 1 rings (SSSR count). The topological polar surface area (TPSA) is 18.5 Å². The predicted octanol–water partition coefficient (Wildman–Crippen LogP) is 4.23. The normalized spacial score (nSPS) is 12.4. The molecule has 0 aliphatic rings. The lowest BCUT2D eigenvalue weighted by Crippen LogP contribution is -2.00. The molecule has 0 aliphatic carbocycles. The van der Waals surface area contributed by atoms with Gasteiger partial charge in [0.05, 0.1) is 13.7 Å². The van der Waals surface area contributed by atoms with Crippen molar-refractivity contribution in [1.82, 2.24) is 0 Å². The minimum absolute atomic E-state index is 0.653. The summed E-state index contributed by atoms with van der Waals surface area (Å²) >= 11 is 3.59. The van der Waals surface area contributed by atoms with E-state index in [0.29, 0.717) is 0 Å². The van der Waals surface area contributed by atoms with Crippen LogP contribution in [0.1, 0.15) is 26.2 Å². The van der Waals surface area contributed by atoms with Crippen LogP contribution in [0, 0.1) is 0 Å². The zero-order valence-electron chi connectivity index (χ0n) is 9.78. The van der Waals surface area contributed by atoms with Crippen molar-refractivity contribution >= 4 is 27.6 Å². The fraction of sp³-hybridized carbons (Fsp3) is 0.500. The third-order valence-corrected chi connectivity index (χ3v) is 5.18. The lowest BCUT2D eigenvalue weighted by molar-refractivity contribution is 0.349. The van der Waals surface area contributed by atoms with Crippen LogP contribution >= 0.6 is 22.3 Å². The van der Waals surface area contributed by atoms with Crippen molar-refractivity contribution in [3.63, 3.8) is 0 Å². The van der Waals surface area contributed by atoms with Gasteiger partial charge >= 0.3 is 0 Å². The number of rotatable bonds is 7. The van der Waals surface area contributed by atoms with Crippen molar-refractivity contribution < 1.29 is 9.26 Å². The maximum Gasteiger partial charge on any atom is 0.130 e. The van der Waals surface area contributed by atoms with E-state index in [-0.39, 0.29) is 0 Å². The quantitative estimate of drug-likeness (QED) is 0.554. The molecular weight excluding hydrogens is 287 g/mol. The van der Waals surface area contributed by atoms with Crippen molar-refractivity contribution in [3.8, 4) is 5.75 Å². The van der Waals surface area contributed by atoms with Crippen LogP contribution in [-0.2, 0) is 4.52 Å². The summed E-state index contributed by atoms with van der Waals surface area (Å²) in [6, 6.07) is 8.00. The number of benzene rings is 1. The van der Waals surface area contributed by atoms with Crippen LogP contribution in [0.4, 0.5) is 0 Å². The summed E-state index contributed by atoms with van der Waals surface area (Å²) in [6.45, 7) is 2.37. The Morgan fingerprint density at radius 1 is 1.19 bits per heavy atom. The van der Waals surface area contributed by atoms with Crippen LogP contribution < -0.4 is 10.0 Å². The Hall–Kier alpha value is -0.110. The standard InChI is InChI=1S/C12H18BrO2P/c1-3-4-5-10-15-16(13)12-8-6-11(14-2)7-9-12/h6-9H,3-5,10H2,1-2H3. The number of hydrogen-bond acceptors (Lipinski definition) is 2. The van der Waals surface area contributed by atoms with E-state index in [4.69, 9.17) is 9.26 Å². The highest BCUT2D eigenvalue weighted by molar-refractivity contribution is 9.39. The van der Waals surface area contributed by atoms with Gasteiger partial charge in [-0.3, -0.25) is 0 Å². The van der Waals surface area contributed by atoms with Crippen LogP contribution in [0.3, 0.4) is 0 Å². The fourth-order valence-electron chi connectivity index (χ4n) is 1.27. The second-order valence-electron chi connectivity index (χ2n) is 3.48. The summed E-state index contributed by atoms with van der Waals surface area (Å²) in [5, 5.41) is 1.19. The van der Waals surface area contributed by atoms with Crippen molar-refractivity contribution in [1.29, 1.82) is 0 Å². The smallest absolute Gasteiger partial charge is 0.130 e. The maximum absolute atomic E-state index is 5.74. The lowest BCUT2D eigenvalue weighted by atomic mass is 10.3. The van der Waals surface area contributed by atoms with Gasteiger partial charge in [-0.05, 0) is 46.2 Å². The van der Waals surface area contributed by atoms with Crippen molar-refractivity contribution in [2.75, 3.05) is 13.7 Å². The molecule has 0 bridgehead atoms. The molecule has 0 fully saturated rings. The van der Waals surface area contributed by atoms with Crippen LogP contribution in [0.25, 0.3) is 0 Å². The molecule has 90 valence electrons. The molecule has 0 saturated carbocycles. The predicted molar refractivity (Wildman–Crippen MR) is 74.0 cm³/mol. The second kappa shape index (κ2) is 8.05. The van der Waals surface area contributed by atoms with Gasteiger partial charge in [-0.15, -0.1) is 0 Å². The van der Waals surface area contributed by atoms with Gasteiger partial charge in [-0.1, -0.05) is 19.8 Å². The molecular formula is C12H18BrO2P. The van der Waals surface area contributed by atoms with Crippen LogP contribution in [-0.4, -0.2) is 13.7 Å². The maximum atomic E-state index is 5.74. The first-order chi connectivity index (χ1) is 7.77. The molecule has 0 amide bonds. The lowest BCUT2D eigenvalue weighted by Gasteiger charge is -2.11. The van der Waals surface area contributed by atoms with E-state index in [1.807, 2.05) is 24.3 Å². The van der Waals surface area contributed by atoms with Crippen molar-refractivity contribution in [2.45, 2.75) is 26.2 Å². The molecule has 4 heteroatoms. The Kier molecular flexibility index (Phi) is 7.02. The van der Waals surface area contributed by atoms with Gasteiger partial charge in [0.15, 0.2) is 0 Å². The fourth-order valence-corrected chi connectivity index (χ4v) is 3.24. The molecule has 2 nitrogen and oxygen atoms in total. The summed E-state index contributed by atoms with van der Waals surface area (Å²) in [5.41, 5.74) is 0. The Bertz CT molecular complexity index is 290. The highest BCUT2D eigenvalue weighted by Gasteiger charge is 2.07. The number of halogens is 1. The average molecular weight is 305 g/mol. The molecule has 0 N–H and O–H groups in total. The van der Waals surface area contributed by atoms with E-state index < -0.39 is 6.85 Å². The molecule has 1 aromatic rings. The van der Waals surface area contributed by atoms with Gasteiger partial charge in [-0.2, -0.15) is 0 Å². The van der Waals surface area contributed by atoms with Gasteiger partial charge < -0.3 is 9.26 Å². The third-order valence-electron chi connectivity index (χ3n) is 2.23. The molecule has 0 spiro atoms. The minimum Gasteiger partial charge on any atom is -0.497 e. The number of ether oxygens (including phenoxy) is 1. The van der Waals surface area contributed by atoms with E-state index in [0.717, 1.165) is 18.8 Å². The SMILES string of the molecule is CCCCCOP(Br)c1ccc(OC)cc1. The largest absolute Gasteiger partial charge is 0.497 e. The van der Waals surface area contributed by atoms with Crippen LogP contribution in [0.15, 0.2) is 24.3 Å². The molecule has 0 saturated heterocycles. The summed E-state index contributed by atoms with van der Waals surface area (Å²) < 4.78 is 10.9. The van der Waals surface area contributed by atoms with Crippen LogP contribution in [0.2, 0.25) is 0 Å². The van der Waals surface area contributed by atoms with Gasteiger partial charge in [-0.25, -0.2) is 0 Å². The number of hydrogen-bond donors (Lipinski definition) is 0. The first-order valence-electron chi connectivity index (χ1n) is 5.50. The zero-order valence-corrected chi connectivity index (χ0v) is 12.3. The molecule has 0 heterocycles. The van der Waals surface area contributed by atoms with Crippen molar-refractivity contribution in [3.05, 3.63) is 24.3 Å². The Labute approximate surface area is 107 Å². The summed E-state index contributed by atoms with van der Waals surface area (Å²) in [7, 11) is 1.67.